The van der Waals surface area contributed by atoms with E-state index in [9.17, 15) is 49.8 Å². The number of aromatic hydroxyl groups is 1. The quantitative estimate of drug-likeness (QED) is 0.143. The molecule has 0 bridgehead atoms. The normalized spacial score (nSPS) is 13.0. The monoisotopic (exact) mass is 684 g/mol. The Morgan fingerprint density at radius 2 is 1.27 bits per heavy atom. The van der Waals surface area contributed by atoms with Crippen LogP contribution in [0.15, 0.2) is 115 Å². The molecule has 0 unspecified atom stereocenters. The van der Waals surface area contributed by atoms with Crippen molar-refractivity contribution < 1.29 is 49.8 Å². The van der Waals surface area contributed by atoms with Crippen molar-refractivity contribution in [1.82, 2.24) is 5.32 Å². The molecule has 0 heterocycles. The minimum atomic E-state index is -5.02. The van der Waals surface area contributed by atoms with Gasteiger partial charge < -0.3 is 15.7 Å². The Kier molecular flexibility index (Phi) is 9.48. The van der Waals surface area contributed by atoms with Crippen LogP contribution in [0.1, 0.15) is 48.5 Å². The third kappa shape index (κ3) is 7.72. The number of para-hydroxylation sites is 1. The molecular weight excluding hydrogens is 660 g/mol. The Morgan fingerprint density at radius 1 is 0.612 bits per heavy atom. The maximum atomic E-state index is 15.0. The van der Waals surface area contributed by atoms with Gasteiger partial charge in [0.15, 0.2) is 11.6 Å². The Bertz CT molecular complexity index is 2010. The summed E-state index contributed by atoms with van der Waals surface area (Å²) in [5.74, 6) is -5.34. The van der Waals surface area contributed by atoms with Crippen molar-refractivity contribution in [3.8, 4) is 5.75 Å². The summed E-state index contributed by atoms with van der Waals surface area (Å²) in [6.45, 7) is 0. The summed E-state index contributed by atoms with van der Waals surface area (Å²) in [6.07, 6.45) is -10.1. The fraction of sp³-hybridized carbons (Fsp3) is 0.111. The van der Waals surface area contributed by atoms with Gasteiger partial charge in [0, 0.05) is 12.0 Å². The predicted octanol–water partition coefficient (Wildman–Crippen LogP) is 8.88. The van der Waals surface area contributed by atoms with Crippen LogP contribution in [0, 0.1) is 11.6 Å². The Morgan fingerprint density at radius 3 is 1.94 bits per heavy atom. The lowest BCUT2D eigenvalue weighted by molar-refractivity contribution is -0.138. The maximum absolute atomic E-state index is 15.0. The highest BCUT2D eigenvalue weighted by molar-refractivity contribution is 6.09. The van der Waals surface area contributed by atoms with E-state index >= 15 is 0 Å². The highest BCUT2D eigenvalue weighted by Gasteiger charge is 2.41. The second-order valence-electron chi connectivity index (χ2n) is 11.0. The molecule has 49 heavy (non-hydrogen) atoms. The number of halogens is 8. The second-order valence-corrected chi connectivity index (χ2v) is 11.0. The minimum absolute atomic E-state index is 0.132. The van der Waals surface area contributed by atoms with E-state index in [2.05, 4.69) is 10.6 Å². The first kappa shape index (κ1) is 34.6. The summed E-state index contributed by atoms with van der Waals surface area (Å²) in [4.78, 5) is 27.2. The number of benzene rings is 5. The first-order valence-corrected chi connectivity index (χ1v) is 14.4. The van der Waals surface area contributed by atoms with Crippen molar-refractivity contribution in [2.45, 2.75) is 24.3 Å². The third-order valence-electron chi connectivity index (χ3n) is 7.67. The highest BCUT2D eigenvalue weighted by Crippen LogP contribution is 2.40. The maximum Gasteiger partial charge on any atom is 0.416 e. The number of amides is 2. The number of nitrogens with one attached hydrogen (secondary N) is 2. The predicted molar refractivity (Wildman–Crippen MR) is 164 cm³/mol. The Labute approximate surface area is 273 Å². The van der Waals surface area contributed by atoms with Crippen molar-refractivity contribution in [2.24, 2.45) is 0 Å². The van der Waals surface area contributed by atoms with Gasteiger partial charge in [0.1, 0.15) is 5.82 Å². The number of phenolic OH excluding ortho intramolecular Hbond substituents is 1. The molecule has 0 spiro atoms. The molecule has 0 aromatic heterocycles. The van der Waals surface area contributed by atoms with E-state index in [0.717, 1.165) is 42.5 Å². The van der Waals surface area contributed by atoms with Crippen LogP contribution in [0.2, 0.25) is 0 Å². The van der Waals surface area contributed by atoms with E-state index < -0.39 is 63.8 Å². The van der Waals surface area contributed by atoms with Gasteiger partial charge in [0.2, 0.25) is 0 Å². The number of carbonyl (C=O) groups excluding carboxylic acids is 2. The lowest BCUT2D eigenvalue weighted by Gasteiger charge is -2.37. The van der Waals surface area contributed by atoms with E-state index in [1.807, 2.05) is 0 Å². The van der Waals surface area contributed by atoms with Crippen LogP contribution in [-0.2, 0) is 24.3 Å². The number of phenols is 1. The molecule has 5 rings (SSSR count). The van der Waals surface area contributed by atoms with E-state index in [-0.39, 0.29) is 34.9 Å². The van der Waals surface area contributed by atoms with Gasteiger partial charge in [0.25, 0.3) is 11.8 Å². The molecule has 0 radical (unpaired) electrons. The lowest BCUT2D eigenvalue weighted by atomic mass is 9.77. The number of rotatable bonds is 8. The molecular formula is C36H24F8N2O3. The highest BCUT2D eigenvalue weighted by atomic mass is 19.4. The molecule has 5 aromatic rings. The molecule has 3 N–H and O–H groups in total. The summed E-state index contributed by atoms with van der Waals surface area (Å²) in [5, 5.41) is 15.4. The van der Waals surface area contributed by atoms with Gasteiger partial charge in [-0.05, 0) is 77.4 Å². The fourth-order valence-corrected chi connectivity index (χ4v) is 5.32. The van der Waals surface area contributed by atoms with E-state index in [4.69, 9.17) is 0 Å². The summed E-state index contributed by atoms with van der Waals surface area (Å²) in [7, 11) is 0. The molecule has 5 nitrogen and oxygen atoms in total. The molecule has 0 aliphatic carbocycles. The zero-order valence-corrected chi connectivity index (χ0v) is 25.0. The van der Waals surface area contributed by atoms with Crippen LogP contribution in [0.3, 0.4) is 0 Å². The van der Waals surface area contributed by atoms with Crippen LogP contribution in [-0.4, -0.2) is 16.9 Å². The van der Waals surface area contributed by atoms with Gasteiger partial charge in [-0.2, -0.15) is 26.3 Å². The van der Waals surface area contributed by atoms with Crippen molar-refractivity contribution in [1.29, 1.82) is 0 Å². The SMILES string of the molecule is O=C(Nc1ccccc1C(=O)N[C@@](Cc1ccccc1)(c1cc(F)cc(C(F)(F)F)c1)c1ccc(F)c(O)c1)c1cccc(C(F)(F)F)c1. The summed E-state index contributed by atoms with van der Waals surface area (Å²) >= 11 is 0. The number of alkyl halides is 6. The van der Waals surface area contributed by atoms with Crippen LogP contribution in [0.25, 0.3) is 0 Å². The topological polar surface area (TPSA) is 78.4 Å². The molecule has 252 valence electrons. The van der Waals surface area contributed by atoms with Gasteiger partial charge in [-0.1, -0.05) is 54.6 Å². The summed E-state index contributed by atoms with van der Waals surface area (Å²) in [5.41, 5.74) is -5.58. The Hall–Kier alpha value is -5.72. The zero-order valence-electron chi connectivity index (χ0n) is 25.0. The van der Waals surface area contributed by atoms with Gasteiger partial charge in [-0.3, -0.25) is 9.59 Å². The third-order valence-corrected chi connectivity index (χ3v) is 7.67. The van der Waals surface area contributed by atoms with E-state index in [0.29, 0.717) is 17.7 Å². The summed E-state index contributed by atoms with van der Waals surface area (Å²) in [6, 6.07) is 21.3. The van der Waals surface area contributed by atoms with Gasteiger partial charge in [-0.25, -0.2) is 8.78 Å². The molecule has 0 saturated heterocycles. The van der Waals surface area contributed by atoms with E-state index in [1.165, 1.54) is 24.3 Å². The number of hydrogen-bond acceptors (Lipinski definition) is 3. The van der Waals surface area contributed by atoms with Gasteiger partial charge in [-0.15, -0.1) is 0 Å². The first-order chi connectivity index (χ1) is 23.1. The van der Waals surface area contributed by atoms with Crippen molar-refractivity contribution in [2.75, 3.05) is 5.32 Å². The van der Waals surface area contributed by atoms with Crippen molar-refractivity contribution in [3.05, 3.63) is 166 Å². The largest absolute Gasteiger partial charge is 0.505 e. The smallest absolute Gasteiger partial charge is 0.416 e. The number of hydrogen-bond donors (Lipinski definition) is 3. The van der Waals surface area contributed by atoms with Crippen LogP contribution in [0.5, 0.6) is 5.75 Å². The molecule has 5 aromatic carbocycles. The molecule has 13 heteroatoms. The average molecular weight is 685 g/mol. The molecule has 1 atom stereocenters. The minimum Gasteiger partial charge on any atom is -0.505 e. The standard InChI is InChI=1S/C36H24F8N2O3/c37-27-17-25(16-26(18-27)36(42,43)44)34(20-21-7-2-1-3-8-21,23-13-14-29(38)31(47)19-23)46-33(49)28-11-4-5-12-30(28)45-32(48)22-9-6-10-24(15-22)35(39,40)41/h1-19,47H,20H2,(H,45,48)(H,46,49)/t34-/m1/s1. The summed E-state index contributed by atoms with van der Waals surface area (Å²) < 4.78 is 111. The molecule has 0 aliphatic rings. The van der Waals surface area contributed by atoms with Crippen molar-refractivity contribution >= 4 is 17.5 Å². The van der Waals surface area contributed by atoms with Crippen LogP contribution >= 0.6 is 0 Å². The lowest BCUT2D eigenvalue weighted by Crippen LogP contribution is -2.49. The number of anilines is 1. The molecule has 0 fully saturated rings. The molecule has 0 saturated carbocycles. The van der Waals surface area contributed by atoms with Crippen LogP contribution in [0.4, 0.5) is 40.8 Å². The number of carbonyl (C=O) groups is 2. The van der Waals surface area contributed by atoms with E-state index in [1.54, 1.807) is 30.3 Å². The average Bonchev–Trinajstić information content (AvgIpc) is 3.05. The Balaban J connectivity index is 1.65. The first-order valence-electron chi connectivity index (χ1n) is 14.4. The zero-order chi connectivity index (χ0) is 35.6. The second kappa shape index (κ2) is 13.4. The van der Waals surface area contributed by atoms with Crippen LogP contribution < -0.4 is 10.6 Å². The molecule has 2 amide bonds. The molecule has 0 aliphatic heterocycles. The fourth-order valence-electron chi connectivity index (χ4n) is 5.32. The van der Waals surface area contributed by atoms with Gasteiger partial charge >= 0.3 is 12.4 Å². The van der Waals surface area contributed by atoms with Crippen molar-refractivity contribution in [3.63, 3.8) is 0 Å². The van der Waals surface area contributed by atoms with Gasteiger partial charge in [0.05, 0.1) is 27.9 Å².